The summed E-state index contributed by atoms with van der Waals surface area (Å²) in [5.41, 5.74) is 1.01. The molecule has 3 heterocycles. The molecule has 39 heavy (non-hydrogen) atoms. The van der Waals surface area contributed by atoms with Gasteiger partial charge >= 0.3 is 11.9 Å². The van der Waals surface area contributed by atoms with Gasteiger partial charge in [0.1, 0.15) is 18.3 Å². The van der Waals surface area contributed by atoms with Crippen LogP contribution in [0.1, 0.15) is 35.9 Å². The minimum atomic E-state index is -3.34. The molecule has 1 fully saturated rings. The van der Waals surface area contributed by atoms with Crippen LogP contribution >= 0.6 is 22.9 Å². The maximum atomic E-state index is 13.9. The van der Waals surface area contributed by atoms with Crippen LogP contribution in [0, 0.1) is 5.82 Å². The van der Waals surface area contributed by atoms with Crippen molar-refractivity contribution in [3.8, 4) is 0 Å². The van der Waals surface area contributed by atoms with Crippen LogP contribution in [0.3, 0.4) is 0 Å². The van der Waals surface area contributed by atoms with Crippen LogP contribution in [-0.2, 0) is 19.1 Å². The van der Waals surface area contributed by atoms with Crippen molar-refractivity contribution in [2.75, 3.05) is 33.4 Å². The molecule has 0 unspecified atom stereocenters. The predicted octanol–water partition coefficient (Wildman–Crippen LogP) is 4.04. The van der Waals surface area contributed by atoms with E-state index in [1.165, 1.54) is 30.6 Å². The molecule has 0 spiro atoms. The number of esters is 1. The van der Waals surface area contributed by atoms with Crippen molar-refractivity contribution in [3.63, 3.8) is 0 Å². The van der Waals surface area contributed by atoms with Crippen LogP contribution in [0.4, 0.5) is 13.2 Å². The number of aliphatic imine (C=N–C) groups is 1. The van der Waals surface area contributed by atoms with Gasteiger partial charge in [0.25, 0.3) is 5.92 Å². The lowest BCUT2D eigenvalue weighted by Crippen LogP contribution is -2.46. The van der Waals surface area contributed by atoms with Crippen LogP contribution in [0.15, 0.2) is 46.0 Å². The quantitative estimate of drug-likeness (QED) is 0.401. The van der Waals surface area contributed by atoms with Crippen LogP contribution in [0.25, 0.3) is 0 Å². The number of carboxylic acids is 1. The molecule has 0 aliphatic carbocycles. The first-order valence-electron chi connectivity index (χ1n) is 12.0. The summed E-state index contributed by atoms with van der Waals surface area (Å²) in [5, 5.41) is 14.3. The maximum absolute atomic E-state index is 13.9. The molecular formula is C25H26ClF3N4O5S. The molecule has 2 atom stereocenters. The molecule has 1 aromatic carbocycles. The van der Waals surface area contributed by atoms with E-state index >= 15 is 0 Å². The van der Waals surface area contributed by atoms with Crippen molar-refractivity contribution in [1.29, 1.82) is 0 Å². The second-order valence-electron chi connectivity index (χ2n) is 9.09. The Kier molecular flexibility index (Phi) is 9.26. The van der Waals surface area contributed by atoms with Crippen LogP contribution in [0.2, 0.25) is 5.02 Å². The number of methoxy groups -OCH3 is 1. The van der Waals surface area contributed by atoms with E-state index in [0.29, 0.717) is 28.6 Å². The Hall–Kier alpha value is -3.00. The first-order chi connectivity index (χ1) is 18.6. The number of carboxylic acid groups (broad SMARTS) is 1. The number of hydrogen-bond donors (Lipinski definition) is 2. The van der Waals surface area contributed by atoms with E-state index in [0.717, 1.165) is 6.07 Å². The standard InChI is InChI=1S/C25H26ClF3N4O5S/c1-37-24(36)20-18(13-33-7-8-38-15(12-33)4-5-25(28,29)11-19(34)35)31-22(23-30-6-9-39-23)32-21(20)16-3-2-14(27)10-17(16)26/h2-3,6,9-10,15,21H,4-5,7-8,11-13H2,1H3,(H,31,32)(H,34,35)/t15-,21+/m1/s1. The van der Waals surface area contributed by atoms with Gasteiger partial charge in [0.15, 0.2) is 10.8 Å². The highest BCUT2D eigenvalue weighted by atomic mass is 35.5. The van der Waals surface area contributed by atoms with Crippen molar-refractivity contribution in [2.45, 2.75) is 37.3 Å². The first kappa shape index (κ1) is 29.0. The lowest BCUT2D eigenvalue weighted by Gasteiger charge is -2.36. The molecule has 2 aliphatic rings. The number of ether oxygens (including phenoxy) is 2. The normalized spacial score (nSPS) is 20.4. The summed E-state index contributed by atoms with van der Waals surface area (Å²) in [6.45, 7) is 1.17. The Bertz CT molecular complexity index is 1270. The molecule has 4 rings (SSSR count). The fourth-order valence-corrected chi connectivity index (χ4v) is 5.33. The first-order valence-corrected chi connectivity index (χ1v) is 13.3. The lowest BCUT2D eigenvalue weighted by atomic mass is 9.95. The van der Waals surface area contributed by atoms with E-state index in [2.05, 4.69) is 15.3 Å². The van der Waals surface area contributed by atoms with Crippen molar-refractivity contribution < 1.29 is 37.3 Å². The molecule has 0 bridgehead atoms. The van der Waals surface area contributed by atoms with E-state index in [9.17, 15) is 22.8 Å². The summed E-state index contributed by atoms with van der Waals surface area (Å²) in [4.78, 5) is 34.7. The van der Waals surface area contributed by atoms with Crippen LogP contribution in [0.5, 0.6) is 0 Å². The van der Waals surface area contributed by atoms with Gasteiger partial charge in [-0.2, -0.15) is 0 Å². The third-order valence-electron chi connectivity index (χ3n) is 6.27. The van der Waals surface area contributed by atoms with Crippen molar-refractivity contribution in [1.82, 2.24) is 15.2 Å². The summed E-state index contributed by atoms with van der Waals surface area (Å²) < 4.78 is 52.4. The average Bonchev–Trinajstić information content (AvgIpc) is 3.41. The molecule has 1 aromatic heterocycles. The van der Waals surface area contributed by atoms with Crippen LogP contribution < -0.4 is 5.32 Å². The van der Waals surface area contributed by atoms with E-state index in [1.54, 1.807) is 11.6 Å². The number of benzene rings is 1. The predicted molar refractivity (Wildman–Crippen MR) is 138 cm³/mol. The third kappa shape index (κ3) is 7.35. The summed E-state index contributed by atoms with van der Waals surface area (Å²) >= 11 is 7.70. The minimum absolute atomic E-state index is 0.0350. The van der Waals surface area contributed by atoms with Gasteiger partial charge in [0.05, 0.1) is 25.4 Å². The highest BCUT2D eigenvalue weighted by Gasteiger charge is 2.36. The Morgan fingerprint density at radius 1 is 1.38 bits per heavy atom. The summed E-state index contributed by atoms with van der Waals surface area (Å²) in [5.74, 6) is -5.73. The summed E-state index contributed by atoms with van der Waals surface area (Å²) in [7, 11) is 1.23. The number of nitrogens with one attached hydrogen (secondary N) is 1. The minimum Gasteiger partial charge on any atom is -0.481 e. The van der Waals surface area contributed by atoms with Crippen LogP contribution in [-0.4, -0.2) is 78.1 Å². The molecule has 9 nitrogen and oxygen atoms in total. The molecule has 0 amide bonds. The van der Waals surface area contributed by atoms with Gasteiger partial charge in [-0.3, -0.25) is 14.7 Å². The fraction of sp³-hybridized carbons (Fsp3) is 0.440. The summed E-state index contributed by atoms with van der Waals surface area (Å²) in [6, 6.07) is 2.90. The second kappa shape index (κ2) is 12.5. The van der Waals surface area contributed by atoms with Gasteiger partial charge in [0, 0.05) is 53.9 Å². The number of alkyl halides is 2. The maximum Gasteiger partial charge on any atom is 0.338 e. The second-order valence-corrected chi connectivity index (χ2v) is 10.4. The number of amidine groups is 1. The topological polar surface area (TPSA) is 113 Å². The number of halogens is 4. The monoisotopic (exact) mass is 586 g/mol. The van der Waals surface area contributed by atoms with Gasteiger partial charge in [-0.15, -0.1) is 11.3 Å². The Morgan fingerprint density at radius 2 is 2.18 bits per heavy atom. The average molecular weight is 587 g/mol. The third-order valence-corrected chi connectivity index (χ3v) is 7.38. The number of carbonyl (C=O) groups is 2. The summed E-state index contributed by atoms with van der Waals surface area (Å²) in [6.07, 6.45) is -0.853. The number of morpholine rings is 1. The van der Waals surface area contributed by atoms with Gasteiger partial charge in [-0.1, -0.05) is 17.7 Å². The Balaban J connectivity index is 1.62. The van der Waals surface area contributed by atoms with Gasteiger partial charge in [-0.25, -0.2) is 22.9 Å². The molecule has 210 valence electrons. The SMILES string of the molecule is COC(=O)C1=C(CN2CCO[C@H](CCC(F)(F)CC(=O)O)C2)NC(c2nccs2)=N[C@H]1c1ccc(F)cc1Cl. The molecule has 1 saturated heterocycles. The van der Waals surface area contributed by atoms with Crippen molar-refractivity contribution in [2.24, 2.45) is 4.99 Å². The zero-order valence-corrected chi connectivity index (χ0v) is 22.4. The van der Waals surface area contributed by atoms with E-state index < -0.39 is 48.7 Å². The lowest BCUT2D eigenvalue weighted by molar-refractivity contribution is -0.146. The molecule has 14 heteroatoms. The van der Waals surface area contributed by atoms with Gasteiger partial charge in [0.2, 0.25) is 0 Å². The molecule has 0 saturated carbocycles. The molecule has 2 aromatic rings. The number of nitrogens with zero attached hydrogens (tertiary/aromatic N) is 3. The van der Waals surface area contributed by atoms with E-state index in [4.69, 9.17) is 26.2 Å². The largest absolute Gasteiger partial charge is 0.481 e. The fourth-order valence-electron chi connectivity index (χ4n) is 4.47. The highest BCUT2D eigenvalue weighted by Crippen LogP contribution is 2.37. The highest BCUT2D eigenvalue weighted by molar-refractivity contribution is 7.11. The number of hydrogen-bond acceptors (Lipinski definition) is 9. The number of rotatable bonds is 10. The molecular weight excluding hydrogens is 561 g/mol. The molecule has 0 radical (unpaired) electrons. The van der Waals surface area contributed by atoms with E-state index in [1.807, 2.05) is 4.90 Å². The smallest absolute Gasteiger partial charge is 0.338 e. The number of carbonyl (C=O) groups excluding carboxylic acids is 1. The van der Waals surface area contributed by atoms with E-state index in [-0.39, 0.29) is 36.7 Å². The van der Waals surface area contributed by atoms with Gasteiger partial charge in [-0.05, 0) is 18.6 Å². The number of aliphatic carboxylic acids is 1. The number of thiazole rings is 1. The van der Waals surface area contributed by atoms with Crippen molar-refractivity contribution in [3.05, 3.63) is 62.5 Å². The zero-order chi connectivity index (χ0) is 28.2. The molecule has 2 N–H and O–H groups in total. The van der Waals surface area contributed by atoms with Gasteiger partial charge < -0.3 is 19.9 Å². The zero-order valence-electron chi connectivity index (χ0n) is 20.8. The number of aromatic nitrogens is 1. The Morgan fingerprint density at radius 3 is 2.85 bits per heavy atom. The Labute approximate surface area is 231 Å². The van der Waals surface area contributed by atoms with Crippen molar-refractivity contribution >= 4 is 40.7 Å². The molecule has 2 aliphatic heterocycles.